The van der Waals surface area contributed by atoms with Crippen LogP contribution in [0, 0.1) is 6.92 Å². The molecule has 1 atom stereocenters. The van der Waals surface area contributed by atoms with E-state index in [1.54, 1.807) is 12.1 Å². The Bertz CT molecular complexity index is 730. The van der Waals surface area contributed by atoms with E-state index in [1.165, 1.54) is 12.8 Å². The highest BCUT2D eigenvalue weighted by Gasteiger charge is 2.20. The smallest absolute Gasteiger partial charge is 0.289 e. The van der Waals surface area contributed by atoms with E-state index in [-0.39, 0.29) is 11.7 Å². The number of likely N-dealkylation sites (tertiary alicyclic amines) is 1. The lowest BCUT2D eigenvalue weighted by Gasteiger charge is -2.18. The zero-order chi connectivity index (χ0) is 16.9. The van der Waals surface area contributed by atoms with Gasteiger partial charge in [0.2, 0.25) is 0 Å². The molecule has 1 aliphatic heterocycles. The predicted octanol–water partition coefficient (Wildman–Crippen LogP) is 3.91. The minimum absolute atomic E-state index is 0.0514. The second kappa shape index (κ2) is 7.79. The predicted molar refractivity (Wildman–Crippen MR) is 94.4 cm³/mol. The molecule has 0 saturated carbocycles. The van der Waals surface area contributed by atoms with Crippen molar-refractivity contribution in [2.75, 3.05) is 13.1 Å². The summed E-state index contributed by atoms with van der Waals surface area (Å²) >= 11 is 0. The van der Waals surface area contributed by atoms with Crippen LogP contribution >= 0.6 is 0 Å². The molecule has 1 fully saturated rings. The number of furan rings is 1. The molecule has 2 aromatic rings. The number of carbonyl (C=O) groups is 1. The van der Waals surface area contributed by atoms with Gasteiger partial charge in [-0.2, -0.15) is 0 Å². The van der Waals surface area contributed by atoms with Gasteiger partial charge in [0.05, 0.1) is 16.6 Å². The minimum atomic E-state index is -1.17. The van der Waals surface area contributed by atoms with Gasteiger partial charge in [0.1, 0.15) is 5.76 Å². The van der Waals surface area contributed by atoms with E-state index in [9.17, 15) is 9.00 Å². The average molecular weight is 345 g/mol. The fraction of sp³-hybridized carbons (Fsp3) is 0.421. The Labute approximate surface area is 145 Å². The quantitative estimate of drug-likeness (QED) is 0.844. The van der Waals surface area contributed by atoms with E-state index in [4.69, 9.17) is 4.42 Å². The molecule has 1 aliphatic rings. The van der Waals surface area contributed by atoms with Gasteiger partial charge in [0, 0.05) is 18.0 Å². The first kappa shape index (κ1) is 17.0. The lowest BCUT2D eigenvalue weighted by molar-refractivity contribution is 0.0728. The van der Waals surface area contributed by atoms with E-state index in [1.807, 2.05) is 36.1 Å². The van der Waals surface area contributed by atoms with E-state index < -0.39 is 10.8 Å². The lowest BCUT2D eigenvalue weighted by atomic mass is 10.2. The number of nitrogens with zero attached hydrogens (tertiary/aromatic N) is 1. The average Bonchev–Trinajstić information content (AvgIpc) is 2.87. The Kier molecular flexibility index (Phi) is 5.51. The van der Waals surface area contributed by atoms with Crippen molar-refractivity contribution in [2.24, 2.45) is 0 Å². The molecule has 1 amide bonds. The fourth-order valence-corrected chi connectivity index (χ4v) is 4.10. The summed E-state index contributed by atoms with van der Waals surface area (Å²) in [4.78, 5) is 15.2. The van der Waals surface area contributed by atoms with Crippen LogP contribution in [0.15, 0.2) is 45.7 Å². The van der Waals surface area contributed by atoms with Crippen molar-refractivity contribution in [2.45, 2.75) is 43.3 Å². The molecule has 0 spiro atoms. The Morgan fingerprint density at radius 1 is 1.12 bits per heavy atom. The maximum Gasteiger partial charge on any atom is 0.289 e. The Hall–Kier alpha value is -1.88. The molecule has 0 aliphatic carbocycles. The molecule has 0 bridgehead atoms. The van der Waals surface area contributed by atoms with Gasteiger partial charge in [-0.15, -0.1) is 0 Å². The van der Waals surface area contributed by atoms with Crippen LogP contribution in [0.25, 0.3) is 0 Å². The number of aryl methyl sites for hydroxylation is 1. The van der Waals surface area contributed by atoms with Gasteiger partial charge in [-0.3, -0.25) is 9.00 Å². The number of hydrogen-bond acceptors (Lipinski definition) is 3. The van der Waals surface area contributed by atoms with Crippen LogP contribution in [-0.4, -0.2) is 28.1 Å². The number of amides is 1. The molecule has 1 aromatic carbocycles. The summed E-state index contributed by atoms with van der Waals surface area (Å²) in [5.74, 6) is 1.18. The summed E-state index contributed by atoms with van der Waals surface area (Å²) in [5, 5.41) is 0. The van der Waals surface area contributed by atoms with Gasteiger partial charge in [-0.05, 0) is 49.6 Å². The van der Waals surface area contributed by atoms with Crippen molar-refractivity contribution in [1.82, 2.24) is 4.90 Å². The standard InChI is InChI=1S/C19H23NO3S/c1-15-7-6-8-17(13-15)24(22)14-16-9-10-18(23-16)19(21)20-11-4-2-3-5-12-20/h6-10,13H,2-5,11-12,14H2,1H3/t24-/m1/s1. The number of benzene rings is 1. The minimum Gasteiger partial charge on any atom is -0.455 e. The van der Waals surface area contributed by atoms with Crippen molar-refractivity contribution >= 4 is 16.7 Å². The van der Waals surface area contributed by atoms with Gasteiger partial charge in [0.25, 0.3) is 5.91 Å². The molecule has 5 heteroatoms. The monoisotopic (exact) mass is 345 g/mol. The summed E-state index contributed by atoms with van der Waals surface area (Å²) in [5.41, 5.74) is 1.08. The van der Waals surface area contributed by atoms with Crippen molar-refractivity contribution < 1.29 is 13.4 Å². The summed E-state index contributed by atoms with van der Waals surface area (Å²) in [7, 11) is -1.17. The molecular formula is C19H23NO3S. The SMILES string of the molecule is Cc1cccc([S@](=O)Cc2ccc(C(=O)N3CCCCCC3)o2)c1. The normalized spacial score (nSPS) is 16.6. The molecule has 3 rings (SSSR count). The van der Waals surface area contributed by atoms with E-state index in [0.29, 0.717) is 11.5 Å². The highest BCUT2D eigenvalue weighted by atomic mass is 32.2. The van der Waals surface area contributed by atoms with E-state index >= 15 is 0 Å². The van der Waals surface area contributed by atoms with Crippen molar-refractivity contribution in [1.29, 1.82) is 0 Å². The van der Waals surface area contributed by atoms with Crippen molar-refractivity contribution in [3.8, 4) is 0 Å². The molecule has 128 valence electrons. The van der Waals surface area contributed by atoms with Crippen LogP contribution in [0.3, 0.4) is 0 Å². The maximum atomic E-state index is 12.5. The molecule has 0 radical (unpaired) electrons. The molecule has 1 saturated heterocycles. The molecule has 2 heterocycles. The molecule has 1 aromatic heterocycles. The summed E-state index contributed by atoms with van der Waals surface area (Å²) < 4.78 is 18.1. The van der Waals surface area contributed by atoms with Crippen LogP contribution < -0.4 is 0 Å². The van der Waals surface area contributed by atoms with Crippen LogP contribution in [-0.2, 0) is 16.6 Å². The zero-order valence-corrected chi connectivity index (χ0v) is 14.8. The molecule has 0 unspecified atom stereocenters. The fourth-order valence-electron chi connectivity index (χ4n) is 2.97. The van der Waals surface area contributed by atoms with E-state index in [0.717, 1.165) is 36.4 Å². The van der Waals surface area contributed by atoms with Gasteiger partial charge in [0.15, 0.2) is 5.76 Å². The van der Waals surface area contributed by atoms with Gasteiger partial charge < -0.3 is 9.32 Å². The van der Waals surface area contributed by atoms with Gasteiger partial charge in [-0.25, -0.2) is 0 Å². The second-order valence-corrected chi connectivity index (χ2v) is 7.73. The highest BCUT2D eigenvalue weighted by molar-refractivity contribution is 7.84. The summed E-state index contributed by atoms with van der Waals surface area (Å²) in [6.07, 6.45) is 4.47. The summed E-state index contributed by atoms with van der Waals surface area (Å²) in [6, 6.07) is 11.1. The molecular weight excluding hydrogens is 322 g/mol. The van der Waals surface area contributed by atoms with Gasteiger partial charge >= 0.3 is 0 Å². The first-order valence-corrected chi connectivity index (χ1v) is 9.78. The first-order chi connectivity index (χ1) is 11.6. The van der Waals surface area contributed by atoms with Gasteiger partial charge in [-0.1, -0.05) is 25.0 Å². The van der Waals surface area contributed by atoms with Crippen LogP contribution in [0.4, 0.5) is 0 Å². The third kappa shape index (κ3) is 4.15. The second-order valence-electron chi connectivity index (χ2n) is 6.28. The van der Waals surface area contributed by atoms with Crippen molar-refractivity contribution in [3.05, 3.63) is 53.5 Å². The molecule has 0 N–H and O–H groups in total. The van der Waals surface area contributed by atoms with Crippen LogP contribution in [0.2, 0.25) is 0 Å². The van der Waals surface area contributed by atoms with Crippen LogP contribution in [0.1, 0.15) is 47.6 Å². The molecule has 4 nitrogen and oxygen atoms in total. The largest absolute Gasteiger partial charge is 0.455 e. The Balaban J connectivity index is 1.66. The lowest BCUT2D eigenvalue weighted by Crippen LogP contribution is -2.31. The number of rotatable bonds is 4. The molecule has 24 heavy (non-hydrogen) atoms. The number of hydrogen-bond donors (Lipinski definition) is 0. The topological polar surface area (TPSA) is 50.5 Å². The number of carbonyl (C=O) groups excluding carboxylic acids is 1. The summed E-state index contributed by atoms with van der Waals surface area (Å²) in [6.45, 7) is 3.57. The third-order valence-corrected chi connectivity index (χ3v) is 5.62. The third-order valence-electron chi connectivity index (χ3n) is 4.29. The van der Waals surface area contributed by atoms with E-state index in [2.05, 4.69) is 0 Å². The Morgan fingerprint density at radius 2 is 1.88 bits per heavy atom. The van der Waals surface area contributed by atoms with Crippen LogP contribution in [0.5, 0.6) is 0 Å². The first-order valence-electron chi connectivity index (χ1n) is 8.46. The maximum absolute atomic E-state index is 12.5. The highest BCUT2D eigenvalue weighted by Crippen LogP contribution is 2.18. The Morgan fingerprint density at radius 3 is 2.58 bits per heavy atom. The zero-order valence-electron chi connectivity index (χ0n) is 14.0. The van der Waals surface area contributed by atoms with Crippen molar-refractivity contribution in [3.63, 3.8) is 0 Å².